The van der Waals surface area contributed by atoms with Crippen LogP contribution < -0.4 is 10.1 Å². The molecule has 5 heteroatoms. The fourth-order valence-corrected chi connectivity index (χ4v) is 4.08. The summed E-state index contributed by atoms with van der Waals surface area (Å²) in [6, 6.07) is 6.08. The van der Waals surface area contributed by atoms with Gasteiger partial charge in [-0.25, -0.2) is 0 Å². The Hall–Kier alpha value is -1.07. The van der Waals surface area contributed by atoms with Gasteiger partial charge in [0.1, 0.15) is 5.75 Å². The molecule has 1 N–H and O–H groups in total. The maximum Gasteiger partial charge on any atom is 0.223 e. The minimum absolute atomic E-state index is 0.0624. The topological polar surface area (TPSA) is 41.6 Å². The third kappa shape index (κ3) is 4.31. The summed E-state index contributed by atoms with van der Waals surface area (Å²) in [7, 11) is 0. The van der Waals surface area contributed by atoms with Crippen LogP contribution in [0.3, 0.4) is 0 Å². The van der Waals surface area contributed by atoms with Crippen molar-refractivity contribution in [3.63, 3.8) is 0 Å². The summed E-state index contributed by atoms with van der Waals surface area (Å²) in [6.45, 7) is 8.36. The van der Waals surface area contributed by atoms with Crippen molar-refractivity contribution in [2.75, 3.05) is 26.2 Å². The van der Waals surface area contributed by atoms with Gasteiger partial charge in [0.05, 0.1) is 12.6 Å². The van der Waals surface area contributed by atoms with Gasteiger partial charge in [-0.3, -0.25) is 4.79 Å². The summed E-state index contributed by atoms with van der Waals surface area (Å²) in [5, 5.41) is 3.27. The molecule has 2 heterocycles. The molecule has 1 unspecified atom stereocenters. The first-order valence-corrected chi connectivity index (χ1v) is 9.77. The first kappa shape index (κ1) is 17.7. The fraction of sp³-hybridized carbons (Fsp3) is 0.632. The summed E-state index contributed by atoms with van der Waals surface area (Å²) in [5.41, 5.74) is 1.08. The molecule has 132 valence electrons. The average molecular weight is 395 g/mol. The van der Waals surface area contributed by atoms with Crippen molar-refractivity contribution in [3.8, 4) is 5.75 Å². The molecule has 1 atom stereocenters. The van der Waals surface area contributed by atoms with Crippen molar-refractivity contribution in [2.45, 2.75) is 39.2 Å². The van der Waals surface area contributed by atoms with Crippen molar-refractivity contribution < 1.29 is 9.53 Å². The van der Waals surface area contributed by atoms with E-state index in [1.807, 2.05) is 12.1 Å². The smallest absolute Gasteiger partial charge is 0.223 e. The highest BCUT2D eigenvalue weighted by Crippen LogP contribution is 2.34. The highest BCUT2D eigenvalue weighted by molar-refractivity contribution is 9.10. The SMILES string of the molecule is CC(C)CN1CCC(C(=O)NC2CCOc3ccc(Br)cc32)CC1. The summed E-state index contributed by atoms with van der Waals surface area (Å²) in [4.78, 5) is 15.2. The standard InChI is InChI=1S/C19H27BrN2O2/c1-13(2)12-22-8-5-14(6-9-22)19(23)21-17-7-10-24-18-4-3-15(20)11-16(17)18/h3-4,11,13-14,17H,5-10,12H2,1-2H3,(H,21,23). The lowest BCUT2D eigenvalue weighted by Crippen LogP contribution is -2.43. The number of piperidine rings is 1. The lowest BCUT2D eigenvalue weighted by atomic mass is 9.93. The number of halogens is 1. The molecule has 0 spiro atoms. The third-order valence-electron chi connectivity index (χ3n) is 4.91. The summed E-state index contributed by atoms with van der Waals surface area (Å²) in [6.07, 6.45) is 2.77. The predicted octanol–water partition coefficient (Wildman–Crippen LogP) is 3.76. The Bertz CT molecular complexity index is 583. The molecule has 0 saturated carbocycles. The second kappa shape index (κ2) is 7.87. The zero-order valence-corrected chi connectivity index (χ0v) is 16.1. The molecule has 3 rings (SSSR count). The van der Waals surface area contributed by atoms with Gasteiger partial charge in [0.25, 0.3) is 0 Å². The van der Waals surface area contributed by atoms with Crippen LogP contribution >= 0.6 is 15.9 Å². The highest BCUT2D eigenvalue weighted by atomic mass is 79.9. The first-order chi connectivity index (χ1) is 11.5. The van der Waals surface area contributed by atoms with Crippen molar-refractivity contribution in [1.29, 1.82) is 0 Å². The van der Waals surface area contributed by atoms with Crippen LogP contribution in [-0.2, 0) is 4.79 Å². The normalized spacial score (nSPS) is 22.1. The van der Waals surface area contributed by atoms with Gasteiger partial charge < -0.3 is 15.0 Å². The molecule has 1 aromatic carbocycles. The Labute approximate surface area is 153 Å². The molecule has 1 saturated heterocycles. The first-order valence-electron chi connectivity index (χ1n) is 8.98. The molecule has 1 aromatic rings. The van der Waals surface area contributed by atoms with E-state index in [4.69, 9.17) is 4.74 Å². The van der Waals surface area contributed by atoms with E-state index in [0.29, 0.717) is 12.5 Å². The molecule has 1 amide bonds. The average Bonchev–Trinajstić information content (AvgIpc) is 2.55. The van der Waals surface area contributed by atoms with Crippen LogP contribution in [0.4, 0.5) is 0 Å². The monoisotopic (exact) mass is 394 g/mol. The molecular weight excluding hydrogens is 368 g/mol. The lowest BCUT2D eigenvalue weighted by Gasteiger charge is -2.34. The van der Waals surface area contributed by atoms with Crippen LogP contribution in [0.2, 0.25) is 0 Å². The number of fused-ring (bicyclic) bond motifs is 1. The Morgan fingerprint density at radius 2 is 2.08 bits per heavy atom. The largest absolute Gasteiger partial charge is 0.493 e. The zero-order chi connectivity index (χ0) is 17.1. The number of nitrogens with zero attached hydrogens (tertiary/aromatic N) is 1. The summed E-state index contributed by atoms with van der Waals surface area (Å²) in [5.74, 6) is 1.93. The second-order valence-corrected chi connectivity index (χ2v) is 8.26. The van der Waals surface area contributed by atoms with Gasteiger partial charge >= 0.3 is 0 Å². The Kier molecular flexibility index (Phi) is 5.82. The molecule has 0 radical (unpaired) electrons. The lowest BCUT2D eigenvalue weighted by molar-refractivity contribution is -0.127. The number of carbonyl (C=O) groups is 1. The number of amides is 1. The minimum atomic E-state index is 0.0624. The number of nitrogens with one attached hydrogen (secondary N) is 1. The van der Waals surface area contributed by atoms with E-state index >= 15 is 0 Å². The molecule has 0 aromatic heterocycles. The van der Waals surface area contributed by atoms with E-state index in [0.717, 1.165) is 54.7 Å². The molecule has 1 fully saturated rings. The number of carbonyl (C=O) groups excluding carboxylic acids is 1. The predicted molar refractivity (Wildman–Crippen MR) is 99.1 cm³/mol. The van der Waals surface area contributed by atoms with Gasteiger partial charge in [-0.15, -0.1) is 0 Å². The van der Waals surface area contributed by atoms with E-state index < -0.39 is 0 Å². The molecule has 24 heavy (non-hydrogen) atoms. The van der Waals surface area contributed by atoms with Gasteiger partial charge in [0.15, 0.2) is 0 Å². The third-order valence-corrected chi connectivity index (χ3v) is 5.40. The second-order valence-electron chi connectivity index (χ2n) is 7.35. The van der Waals surface area contributed by atoms with E-state index in [2.05, 4.69) is 46.1 Å². The number of benzene rings is 1. The van der Waals surface area contributed by atoms with Gasteiger partial charge in [-0.2, -0.15) is 0 Å². The highest BCUT2D eigenvalue weighted by Gasteiger charge is 2.29. The fourth-order valence-electron chi connectivity index (χ4n) is 3.70. The van der Waals surface area contributed by atoms with Crippen LogP contribution in [0, 0.1) is 11.8 Å². The zero-order valence-electron chi connectivity index (χ0n) is 14.6. The number of ether oxygens (including phenoxy) is 1. The van der Waals surface area contributed by atoms with E-state index in [1.54, 1.807) is 0 Å². The van der Waals surface area contributed by atoms with Gasteiger partial charge in [0.2, 0.25) is 5.91 Å². The molecule has 0 bridgehead atoms. The number of likely N-dealkylation sites (tertiary alicyclic amines) is 1. The van der Waals surface area contributed by atoms with E-state index in [9.17, 15) is 4.79 Å². The molecule has 2 aliphatic rings. The molecular formula is C19H27BrN2O2. The Balaban J connectivity index is 1.58. The van der Waals surface area contributed by atoms with Crippen molar-refractivity contribution in [2.24, 2.45) is 11.8 Å². The summed E-state index contributed by atoms with van der Waals surface area (Å²) < 4.78 is 6.73. The van der Waals surface area contributed by atoms with Gasteiger partial charge in [0, 0.05) is 28.9 Å². The van der Waals surface area contributed by atoms with Gasteiger partial charge in [-0.1, -0.05) is 29.8 Å². The van der Waals surface area contributed by atoms with Crippen molar-refractivity contribution in [3.05, 3.63) is 28.2 Å². The van der Waals surface area contributed by atoms with Crippen LogP contribution in [0.25, 0.3) is 0 Å². The van der Waals surface area contributed by atoms with E-state index in [-0.39, 0.29) is 17.9 Å². The molecule has 4 nitrogen and oxygen atoms in total. The van der Waals surface area contributed by atoms with E-state index in [1.165, 1.54) is 0 Å². The number of rotatable bonds is 4. The number of hydrogen-bond donors (Lipinski definition) is 1. The minimum Gasteiger partial charge on any atom is -0.493 e. The quantitative estimate of drug-likeness (QED) is 0.844. The Morgan fingerprint density at radius 3 is 2.79 bits per heavy atom. The van der Waals surface area contributed by atoms with Gasteiger partial charge in [-0.05, 0) is 50.0 Å². The van der Waals surface area contributed by atoms with Crippen LogP contribution in [0.15, 0.2) is 22.7 Å². The van der Waals surface area contributed by atoms with Crippen molar-refractivity contribution in [1.82, 2.24) is 10.2 Å². The Morgan fingerprint density at radius 1 is 1.33 bits per heavy atom. The van der Waals surface area contributed by atoms with Crippen molar-refractivity contribution >= 4 is 21.8 Å². The molecule has 0 aliphatic carbocycles. The van der Waals surface area contributed by atoms with Crippen LogP contribution in [-0.4, -0.2) is 37.0 Å². The van der Waals surface area contributed by atoms with Crippen LogP contribution in [0.5, 0.6) is 5.75 Å². The van der Waals surface area contributed by atoms with Crippen LogP contribution in [0.1, 0.15) is 44.7 Å². The molecule has 2 aliphatic heterocycles. The summed E-state index contributed by atoms with van der Waals surface area (Å²) >= 11 is 3.51. The maximum absolute atomic E-state index is 12.7. The number of hydrogen-bond acceptors (Lipinski definition) is 3. The maximum atomic E-state index is 12.7.